The Kier molecular flexibility index (Phi) is 6.74. The monoisotopic (exact) mass is 765 g/mol. The van der Waals surface area contributed by atoms with Gasteiger partial charge in [-0.15, -0.1) is 0 Å². The van der Waals surface area contributed by atoms with Crippen molar-refractivity contribution < 1.29 is 4.42 Å². The van der Waals surface area contributed by atoms with E-state index in [0.717, 1.165) is 39.0 Å². The lowest BCUT2D eigenvalue weighted by molar-refractivity contribution is 0.660. The average molecular weight is 766 g/mol. The second-order valence-corrected chi connectivity index (χ2v) is 17.2. The minimum absolute atomic E-state index is 0.154. The molecule has 2 nitrogen and oxygen atoms in total. The minimum Gasteiger partial charge on any atom is -0.456 e. The van der Waals surface area contributed by atoms with Crippen LogP contribution in [0.25, 0.3) is 66.4 Å². The first kappa shape index (κ1) is 33.5. The summed E-state index contributed by atoms with van der Waals surface area (Å²) in [6.45, 7) is 4.73. The van der Waals surface area contributed by atoms with Crippen LogP contribution < -0.4 is 4.90 Å². The van der Waals surface area contributed by atoms with Gasteiger partial charge in [-0.2, -0.15) is 0 Å². The molecular formula is C58H39NO. The van der Waals surface area contributed by atoms with Crippen molar-refractivity contribution in [3.63, 3.8) is 0 Å². The Morgan fingerprint density at radius 3 is 1.33 bits per heavy atom. The number of nitrogens with zero attached hydrogens (tertiary/aromatic N) is 1. The third-order valence-corrected chi connectivity index (χ3v) is 13.9. The molecule has 2 heteroatoms. The minimum atomic E-state index is -0.579. The fourth-order valence-electron chi connectivity index (χ4n) is 11.3. The molecule has 0 amide bonds. The van der Waals surface area contributed by atoms with Gasteiger partial charge in [-0.25, -0.2) is 0 Å². The van der Waals surface area contributed by atoms with Crippen LogP contribution in [0.15, 0.2) is 205 Å². The number of benzene rings is 9. The Morgan fingerprint density at radius 1 is 0.317 bits per heavy atom. The molecular weight excluding hydrogens is 727 g/mol. The average Bonchev–Trinajstić information content (AvgIpc) is 3.87. The van der Waals surface area contributed by atoms with Crippen LogP contribution >= 0.6 is 0 Å². The topological polar surface area (TPSA) is 16.4 Å². The SMILES string of the molecule is CC1(C)c2ccccc2-c2ccc(N(c3ccc4c(c3)C3(c5ccccc5-c5ccccc5-4)c4ccccc4-c4ccccc43)c3ccc4c(c3)oc3ccccc34)cc21. The van der Waals surface area contributed by atoms with Crippen molar-refractivity contribution in [3.05, 3.63) is 234 Å². The summed E-state index contributed by atoms with van der Waals surface area (Å²) in [5.41, 5.74) is 22.4. The Bertz CT molecular complexity index is 3390. The second-order valence-electron chi connectivity index (χ2n) is 17.2. The molecule has 0 bridgehead atoms. The molecule has 1 spiro atoms. The van der Waals surface area contributed by atoms with Gasteiger partial charge in [0.05, 0.1) is 5.41 Å². The van der Waals surface area contributed by atoms with Gasteiger partial charge in [0, 0.05) is 39.3 Å². The molecule has 0 N–H and O–H groups in total. The van der Waals surface area contributed by atoms with Gasteiger partial charge in [-0.1, -0.05) is 166 Å². The summed E-state index contributed by atoms with van der Waals surface area (Å²) in [4.78, 5) is 2.45. The molecule has 60 heavy (non-hydrogen) atoms. The summed E-state index contributed by atoms with van der Waals surface area (Å²) < 4.78 is 6.58. The van der Waals surface area contributed by atoms with Gasteiger partial charge < -0.3 is 9.32 Å². The van der Waals surface area contributed by atoms with E-state index in [-0.39, 0.29) is 5.41 Å². The zero-order chi connectivity index (χ0) is 39.7. The molecule has 13 rings (SSSR count). The van der Waals surface area contributed by atoms with E-state index < -0.39 is 5.41 Å². The normalized spacial score (nSPS) is 14.4. The fourth-order valence-corrected chi connectivity index (χ4v) is 11.3. The number of para-hydroxylation sites is 1. The highest BCUT2D eigenvalue weighted by Crippen LogP contribution is 2.62. The van der Waals surface area contributed by atoms with Crippen LogP contribution in [0.1, 0.15) is 47.2 Å². The van der Waals surface area contributed by atoms with Crippen molar-refractivity contribution >= 4 is 39.0 Å². The Morgan fingerprint density at radius 2 is 0.717 bits per heavy atom. The van der Waals surface area contributed by atoms with E-state index in [1.165, 1.54) is 77.9 Å². The number of furan rings is 1. The standard InChI is InChI=1S/C58H39NO/c1-57(2)49-22-10-5-18-42(49)46-31-28-36(33-53(46)57)59(38-29-32-48-47-21-9-14-26-55(47)60-56(48)35-38)37-27-30-45-40-16-4-3-15-39(40)41-17-6-11-23-50(41)58(54(45)34-37)51-24-12-7-19-43(51)44-20-8-13-25-52(44)58/h3-35H,1-2H3. The lowest BCUT2D eigenvalue weighted by Crippen LogP contribution is -2.29. The maximum Gasteiger partial charge on any atom is 0.137 e. The van der Waals surface area contributed by atoms with Crippen LogP contribution in [0.3, 0.4) is 0 Å². The van der Waals surface area contributed by atoms with Gasteiger partial charge in [0.25, 0.3) is 0 Å². The molecule has 3 aliphatic rings. The molecule has 1 heterocycles. The van der Waals surface area contributed by atoms with Crippen LogP contribution in [0.2, 0.25) is 0 Å². The largest absolute Gasteiger partial charge is 0.456 e. The molecule has 0 radical (unpaired) electrons. The van der Waals surface area contributed by atoms with Crippen molar-refractivity contribution in [1.29, 1.82) is 0 Å². The van der Waals surface area contributed by atoms with E-state index in [1.54, 1.807) is 0 Å². The van der Waals surface area contributed by atoms with Gasteiger partial charge in [0.15, 0.2) is 0 Å². The van der Waals surface area contributed by atoms with Crippen molar-refractivity contribution in [2.24, 2.45) is 0 Å². The van der Waals surface area contributed by atoms with Gasteiger partial charge >= 0.3 is 0 Å². The van der Waals surface area contributed by atoms with Crippen LogP contribution in [-0.4, -0.2) is 0 Å². The zero-order valence-electron chi connectivity index (χ0n) is 33.4. The molecule has 9 aromatic carbocycles. The Hall–Kier alpha value is -7.42. The van der Waals surface area contributed by atoms with E-state index in [1.807, 2.05) is 6.07 Å². The van der Waals surface area contributed by atoms with Gasteiger partial charge in [0.1, 0.15) is 11.2 Å². The summed E-state index contributed by atoms with van der Waals surface area (Å²) in [7, 11) is 0. The molecule has 0 saturated heterocycles. The highest BCUT2D eigenvalue weighted by atomic mass is 16.3. The third-order valence-electron chi connectivity index (χ3n) is 13.9. The smallest absolute Gasteiger partial charge is 0.137 e. The predicted molar refractivity (Wildman–Crippen MR) is 248 cm³/mol. The molecule has 10 aromatic rings. The lowest BCUT2D eigenvalue weighted by atomic mass is 9.66. The van der Waals surface area contributed by atoms with Crippen LogP contribution in [-0.2, 0) is 10.8 Å². The zero-order valence-corrected chi connectivity index (χ0v) is 33.4. The molecule has 282 valence electrons. The maximum atomic E-state index is 6.58. The molecule has 0 saturated carbocycles. The van der Waals surface area contributed by atoms with Crippen LogP contribution in [0.4, 0.5) is 17.1 Å². The predicted octanol–water partition coefficient (Wildman–Crippen LogP) is 15.4. The van der Waals surface area contributed by atoms with E-state index in [9.17, 15) is 0 Å². The van der Waals surface area contributed by atoms with E-state index in [4.69, 9.17) is 4.42 Å². The molecule has 0 atom stereocenters. The van der Waals surface area contributed by atoms with Crippen LogP contribution in [0.5, 0.6) is 0 Å². The highest BCUT2D eigenvalue weighted by molar-refractivity contribution is 6.06. The molecule has 0 fully saturated rings. The Labute approximate surface area is 349 Å². The lowest BCUT2D eigenvalue weighted by Gasteiger charge is -2.36. The first-order valence-electron chi connectivity index (χ1n) is 21.0. The second kappa shape index (κ2) is 12.1. The van der Waals surface area contributed by atoms with Crippen molar-refractivity contribution in [1.82, 2.24) is 0 Å². The summed E-state index contributed by atoms with van der Waals surface area (Å²) in [5, 5.41) is 2.25. The van der Waals surface area contributed by atoms with Crippen LogP contribution in [0, 0.1) is 0 Å². The number of hydrogen-bond acceptors (Lipinski definition) is 2. The fraction of sp³-hybridized carbons (Fsp3) is 0.0690. The summed E-state index contributed by atoms with van der Waals surface area (Å²) >= 11 is 0. The number of fused-ring (bicyclic) bond motifs is 18. The molecule has 3 aliphatic carbocycles. The van der Waals surface area contributed by atoms with E-state index in [2.05, 4.69) is 213 Å². The van der Waals surface area contributed by atoms with Crippen molar-refractivity contribution in [3.8, 4) is 44.5 Å². The number of anilines is 3. The van der Waals surface area contributed by atoms with E-state index >= 15 is 0 Å². The first-order valence-corrected chi connectivity index (χ1v) is 21.0. The summed E-state index contributed by atoms with van der Waals surface area (Å²) in [6, 6.07) is 74.6. The third kappa shape index (κ3) is 4.32. The quantitative estimate of drug-likeness (QED) is 0.178. The van der Waals surface area contributed by atoms with Gasteiger partial charge in [-0.3, -0.25) is 0 Å². The van der Waals surface area contributed by atoms with Crippen molar-refractivity contribution in [2.45, 2.75) is 24.7 Å². The van der Waals surface area contributed by atoms with E-state index in [0.29, 0.717) is 0 Å². The molecule has 1 aromatic heterocycles. The highest BCUT2D eigenvalue weighted by Gasteiger charge is 2.50. The first-order chi connectivity index (χ1) is 29.5. The summed E-state index contributed by atoms with van der Waals surface area (Å²) in [5.74, 6) is 0. The van der Waals surface area contributed by atoms with Crippen molar-refractivity contribution in [2.75, 3.05) is 4.90 Å². The number of rotatable bonds is 3. The van der Waals surface area contributed by atoms with Gasteiger partial charge in [-0.05, 0) is 120 Å². The molecule has 0 unspecified atom stereocenters. The molecule has 0 aliphatic heterocycles. The summed E-state index contributed by atoms with van der Waals surface area (Å²) in [6.07, 6.45) is 0. The Balaban J connectivity index is 1.13. The maximum absolute atomic E-state index is 6.58. The number of hydrogen-bond donors (Lipinski definition) is 0. The van der Waals surface area contributed by atoms with Gasteiger partial charge in [0.2, 0.25) is 0 Å².